The van der Waals surface area contributed by atoms with Gasteiger partial charge in [0.15, 0.2) is 11.6 Å². The number of aromatic nitrogens is 2. The highest BCUT2D eigenvalue weighted by Crippen LogP contribution is 2.30. The van der Waals surface area contributed by atoms with Crippen molar-refractivity contribution in [2.75, 3.05) is 41.8 Å². The number of carbonyl (C=O) groups is 1. The Balaban J connectivity index is 1.45. The van der Waals surface area contributed by atoms with Crippen LogP contribution in [0.4, 0.5) is 23.1 Å². The number of nitrogens with two attached hydrogens (primary N) is 1. The molecule has 0 saturated carbocycles. The molecule has 8 nitrogen and oxygen atoms in total. The van der Waals surface area contributed by atoms with Crippen LogP contribution in [-0.4, -0.2) is 42.1 Å². The van der Waals surface area contributed by atoms with Crippen molar-refractivity contribution in [1.29, 1.82) is 0 Å². The van der Waals surface area contributed by atoms with E-state index in [1.54, 1.807) is 18.3 Å². The van der Waals surface area contributed by atoms with Gasteiger partial charge in [-0.1, -0.05) is 18.2 Å². The van der Waals surface area contributed by atoms with E-state index in [9.17, 15) is 4.79 Å². The summed E-state index contributed by atoms with van der Waals surface area (Å²) in [5.41, 5.74) is 7.72. The van der Waals surface area contributed by atoms with Gasteiger partial charge < -0.3 is 26.0 Å². The average molecular weight is 419 g/mol. The van der Waals surface area contributed by atoms with Gasteiger partial charge in [-0.05, 0) is 49.2 Å². The maximum Gasteiger partial charge on any atom is 0.255 e. The smallest absolute Gasteiger partial charge is 0.255 e. The largest absolute Gasteiger partial charge is 0.487 e. The van der Waals surface area contributed by atoms with Crippen molar-refractivity contribution in [3.05, 3.63) is 66.4 Å². The fourth-order valence-corrected chi connectivity index (χ4v) is 3.41. The number of hydrogen-bond acceptors (Lipinski definition) is 7. The van der Waals surface area contributed by atoms with Crippen molar-refractivity contribution in [2.45, 2.75) is 12.8 Å². The summed E-state index contributed by atoms with van der Waals surface area (Å²) in [5.74, 6) is 1.78. The molecular weight excluding hydrogens is 392 g/mol. The second kappa shape index (κ2) is 9.90. The lowest BCUT2D eigenvalue weighted by Crippen LogP contribution is -2.21. The number of carbonyl (C=O) groups excluding carboxylic acids is 1. The van der Waals surface area contributed by atoms with Crippen molar-refractivity contribution >= 4 is 29.0 Å². The van der Waals surface area contributed by atoms with E-state index in [2.05, 4.69) is 25.5 Å². The SMILES string of the molecule is NCCOc1cnc(Nc2ccc(NC(=O)c3ccccc3)cc2)nc1N1CCCC1. The molecule has 0 spiro atoms. The maximum absolute atomic E-state index is 12.3. The van der Waals surface area contributed by atoms with Crippen LogP contribution in [-0.2, 0) is 0 Å². The summed E-state index contributed by atoms with van der Waals surface area (Å²) >= 11 is 0. The molecule has 160 valence electrons. The highest BCUT2D eigenvalue weighted by molar-refractivity contribution is 6.04. The molecule has 3 aromatic rings. The van der Waals surface area contributed by atoms with E-state index in [4.69, 9.17) is 10.5 Å². The molecule has 1 aliphatic rings. The fourth-order valence-electron chi connectivity index (χ4n) is 3.41. The van der Waals surface area contributed by atoms with Gasteiger partial charge >= 0.3 is 0 Å². The number of rotatable bonds is 8. The van der Waals surface area contributed by atoms with Gasteiger partial charge in [0.25, 0.3) is 5.91 Å². The lowest BCUT2D eigenvalue weighted by Gasteiger charge is -2.20. The molecule has 0 unspecified atom stereocenters. The van der Waals surface area contributed by atoms with Gasteiger partial charge in [-0.2, -0.15) is 4.98 Å². The monoisotopic (exact) mass is 418 g/mol. The zero-order valence-corrected chi connectivity index (χ0v) is 17.3. The highest BCUT2D eigenvalue weighted by atomic mass is 16.5. The molecule has 1 saturated heterocycles. The minimum absolute atomic E-state index is 0.145. The molecule has 0 aliphatic carbocycles. The van der Waals surface area contributed by atoms with E-state index >= 15 is 0 Å². The number of amides is 1. The van der Waals surface area contributed by atoms with Crippen molar-refractivity contribution in [3.63, 3.8) is 0 Å². The summed E-state index contributed by atoms with van der Waals surface area (Å²) < 4.78 is 5.73. The first-order valence-corrected chi connectivity index (χ1v) is 10.4. The van der Waals surface area contributed by atoms with Crippen LogP contribution in [0.3, 0.4) is 0 Å². The topological polar surface area (TPSA) is 105 Å². The Labute approximate surface area is 181 Å². The van der Waals surface area contributed by atoms with Crippen LogP contribution in [0.15, 0.2) is 60.8 Å². The summed E-state index contributed by atoms with van der Waals surface area (Å²) in [4.78, 5) is 23.6. The van der Waals surface area contributed by atoms with Crippen LogP contribution in [0.2, 0.25) is 0 Å². The number of anilines is 4. The fraction of sp³-hybridized carbons (Fsp3) is 0.261. The van der Waals surface area contributed by atoms with Gasteiger partial charge in [-0.15, -0.1) is 0 Å². The van der Waals surface area contributed by atoms with Gasteiger partial charge in [0, 0.05) is 36.6 Å². The second-order valence-corrected chi connectivity index (χ2v) is 7.24. The van der Waals surface area contributed by atoms with E-state index in [1.165, 1.54) is 0 Å². The van der Waals surface area contributed by atoms with Crippen LogP contribution in [0.25, 0.3) is 0 Å². The van der Waals surface area contributed by atoms with E-state index in [1.807, 2.05) is 42.5 Å². The minimum Gasteiger partial charge on any atom is -0.487 e. The third kappa shape index (κ3) is 5.29. The highest BCUT2D eigenvalue weighted by Gasteiger charge is 2.19. The molecule has 4 rings (SSSR count). The quantitative estimate of drug-likeness (QED) is 0.515. The minimum atomic E-state index is -0.145. The number of nitrogens with zero attached hydrogens (tertiary/aromatic N) is 3. The molecule has 1 aromatic heterocycles. The molecular formula is C23H26N6O2. The second-order valence-electron chi connectivity index (χ2n) is 7.24. The van der Waals surface area contributed by atoms with Crippen molar-refractivity contribution < 1.29 is 9.53 Å². The first kappa shape index (κ1) is 20.6. The van der Waals surface area contributed by atoms with Crippen LogP contribution in [0.1, 0.15) is 23.2 Å². The molecule has 0 atom stereocenters. The Morgan fingerprint density at radius 2 is 1.74 bits per heavy atom. The molecule has 31 heavy (non-hydrogen) atoms. The van der Waals surface area contributed by atoms with E-state index in [-0.39, 0.29) is 5.91 Å². The number of nitrogens with one attached hydrogen (secondary N) is 2. The summed E-state index contributed by atoms with van der Waals surface area (Å²) in [5, 5.41) is 6.11. The van der Waals surface area contributed by atoms with Crippen molar-refractivity contribution in [3.8, 4) is 5.75 Å². The summed E-state index contributed by atoms with van der Waals surface area (Å²) in [7, 11) is 0. The summed E-state index contributed by atoms with van der Waals surface area (Å²) in [6.45, 7) is 2.76. The third-order valence-electron chi connectivity index (χ3n) is 4.95. The Morgan fingerprint density at radius 1 is 1.03 bits per heavy atom. The molecule has 8 heteroatoms. The molecule has 1 aliphatic heterocycles. The number of hydrogen-bond donors (Lipinski definition) is 3. The number of ether oxygens (including phenoxy) is 1. The van der Waals surface area contributed by atoms with Gasteiger partial charge in [-0.25, -0.2) is 4.98 Å². The summed E-state index contributed by atoms with van der Waals surface area (Å²) in [6, 6.07) is 16.5. The predicted molar refractivity (Wildman–Crippen MR) is 122 cm³/mol. The molecule has 1 fully saturated rings. The third-order valence-corrected chi connectivity index (χ3v) is 4.95. The van der Waals surface area contributed by atoms with Gasteiger partial charge in [0.1, 0.15) is 6.61 Å². The maximum atomic E-state index is 12.3. The van der Waals surface area contributed by atoms with Gasteiger partial charge in [-0.3, -0.25) is 4.79 Å². The first-order chi connectivity index (χ1) is 15.2. The zero-order valence-electron chi connectivity index (χ0n) is 17.3. The van der Waals surface area contributed by atoms with E-state index in [0.717, 1.165) is 37.4 Å². The Hall–Kier alpha value is -3.65. The predicted octanol–water partition coefficient (Wildman–Crippen LogP) is 3.41. The van der Waals surface area contributed by atoms with E-state index in [0.29, 0.717) is 36.1 Å². The van der Waals surface area contributed by atoms with Crippen LogP contribution in [0.5, 0.6) is 5.75 Å². The zero-order chi connectivity index (χ0) is 21.5. The molecule has 1 amide bonds. The Bertz CT molecular complexity index is 1000. The summed E-state index contributed by atoms with van der Waals surface area (Å²) in [6.07, 6.45) is 3.96. The average Bonchev–Trinajstić information content (AvgIpc) is 3.35. The van der Waals surface area contributed by atoms with Crippen molar-refractivity contribution in [2.24, 2.45) is 5.73 Å². The lowest BCUT2D eigenvalue weighted by molar-refractivity contribution is 0.102. The first-order valence-electron chi connectivity index (χ1n) is 10.4. The lowest BCUT2D eigenvalue weighted by atomic mass is 10.2. The van der Waals surface area contributed by atoms with Gasteiger partial charge in [0.05, 0.1) is 6.20 Å². The van der Waals surface area contributed by atoms with Crippen LogP contribution < -0.4 is 26.0 Å². The Morgan fingerprint density at radius 3 is 2.45 bits per heavy atom. The van der Waals surface area contributed by atoms with Crippen LogP contribution >= 0.6 is 0 Å². The van der Waals surface area contributed by atoms with E-state index < -0.39 is 0 Å². The van der Waals surface area contributed by atoms with Gasteiger partial charge in [0.2, 0.25) is 5.95 Å². The molecule has 2 aromatic carbocycles. The normalized spacial score (nSPS) is 13.1. The van der Waals surface area contributed by atoms with Crippen molar-refractivity contribution in [1.82, 2.24) is 9.97 Å². The Kier molecular flexibility index (Phi) is 6.59. The molecule has 2 heterocycles. The standard InChI is InChI=1S/C23H26N6O2/c24-12-15-31-20-16-25-23(28-21(20)29-13-4-5-14-29)27-19-10-8-18(9-11-19)26-22(30)17-6-2-1-3-7-17/h1-3,6-11,16H,4-5,12-15,24H2,(H,26,30)(H,25,27,28). The molecule has 4 N–H and O–H groups in total. The molecule has 0 bridgehead atoms. The number of benzene rings is 2. The molecule has 0 radical (unpaired) electrons. The van der Waals surface area contributed by atoms with Crippen LogP contribution in [0, 0.1) is 0 Å².